The van der Waals surface area contributed by atoms with Crippen molar-refractivity contribution in [2.75, 3.05) is 18.5 Å². The Labute approximate surface area is 188 Å². The summed E-state index contributed by atoms with van der Waals surface area (Å²) in [5.74, 6) is -0.966. The van der Waals surface area contributed by atoms with Gasteiger partial charge in [-0.25, -0.2) is 4.98 Å². The lowest BCUT2D eigenvalue weighted by Crippen LogP contribution is -2.43. The summed E-state index contributed by atoms with van der Waals surface area (Å²) >= 11 is 0. The monoisotopic (exact) mass is 463 g/mol. The van der Waals surface area contributed by atoms with Gasteiger partial charge in [0.1, 0.15) is 17.9 Å². The van der Waals surface area contributed by atoms with Crippen LogP contribution in [0.4, 0.5) is 18.9 Å². The Hall–Kier alpha value is -3.47. The molecule has 0 saturated carbocycles. The minimum absolute atomic E-state index is 0.0190. The van der Waals surface area contributed by atoms with Crippen molar-refractivity contribution in [1.82, 2.24) is 19.7 Å². The average molecular weight is 463 g/mol. The van der Waals surface area contributed by atoms with Crippen molar-refractivity contribution in [3.8, 4) is 0 Å². The molecule has 3 aromatic rings. The second-order valence-electron chi connectivity index (χ2n) is 7.38. The molecule has 0 fully saturated rings. The maximum atomic E-state index is 12.8. The number of carbonyl (C=O) groups excluding carboxylic acids is 2. The smallest absolute Gasteiger partial charge is 0.394 e. The van der Waals surface area contributed by atoms with Crippen molar-refractivity contribution >= 4 is 28.4 Å². The number of pyridine rings is 1. The fourth-order valence-electron chi connectivity index (χ4n) is 3.47. The van der Waals surface area contributed by atoms with E-state index in [1.54, 1.807) is 29.3 Å². The molecular formula is C22H24F3N5O3. The zero-order chi connectivity index (χ0) is 24.2. The summed E-state index contributed by atoms with van der Waals surface area (Å²) in [4.78, 5) is 30.0. The Morgan fingerprint density at radius 2 is 1.97 bits per heavy atom. The van der Waals surface area contributed by atoms with E-state index < -0.39 is 17.8 Å². The van der Waals surface area contributed by atoms with Gasteiger partial charge in [-0.1, -0.05) is 13.0 Å². The van der Waals surface area contributed by atoms with Crippen LogP contribution < -0.4 is 5.32 Å². The van der Waals surface area contributed by atoms with E-state index >= 15 is 0 Å². The van der Waals surface area contributed by atoms with Gasteiger partial charge in [0.15, 0.2) is 0 Å². The molecule has 0 aliphatic rings. The minimum atomic E-state index is -4.65. The van der Waals surface area contributed by atoms with Gasteiger partial charge in [-0.15, -0.1) is 0 Å². The molecule has 2 aromatic heterocycles. The summed E-state index contributed by atoms with van der Waals surface area (Å²) in [5.41, 5.74) is -0.584. The molecule has 176 valence electrons. The molecule has 3 rings (SSSR count). The lowest BCUT2D eigenvalue weighted by atomic mass is 10.2. The van der Waals surface area contributed by atoms with E-state index in [1.807, 2.05) is 13.8 Å². The first kappa shape index (κ1) is 24.2. The minimum Gasteiger partial charge on any atom is -0.394 e. The van der Waals surface area contributed by atoms with Crippen LogP contribution in [0.15, 0.2) is 42.6 Å². The number of halogens is 3. The molecule has 0 unspecified atom stereocenters. The highest BCUT2D eigenvalue weighted by molar-refractivity contribution is 6.03. The van der Waals surface area contributed by atoms with Crippen molar-refractivity contribution in [3.05, 3.63) is 54.0 Å². The van der Waals surface area contributed by atoms with E-state index in [9.17, 15) is 27.9 Å². The molecule has 2 amide bonds. The number of aliphatic hydroxyl groups excluding tert-OH is 1. The van der Waals surface area contributed by atoms with Crippen LogP contribution >= 0.6 is 0 Å². The van der Waals surface area contributed by atoms with E-state index in [4.69, 9.17) is 0 Å². The molecular weight excluding hydrogens is 439 g/mol. The van der Waals surface area contributed by atoms with E-state index in [0.29, 0.717) is 29.6 Å². The number of aromatic nitrogens is 3. The maximum Gasteiger partial charge on any atom is 0.433 e. The van der Waals surface area contributed by atoms with Crippen molar-refractivity contribution in [2.45, 2.75) is 39.0 Å². The van der Waals surface area contributed by atoms with Crippen LogP contribution in [0, 0.1) is 0 Å². The van der Waals surface area contributed by atoms with Crippen LogP contribution in [-0.2, 0) is 17.5 Å². The van der Waals surface area contributed by atoms with Crippen molar-refractivity contribution in [2.24, 2.45) is 0 Å². The number of benzene rings is 1. The van der Waals surface area contributed by atoms with Crippen LogP contribution in [0.25, 0.3) is 10.9 Å². The molecule has 1 aromatic carbocycles. The topological polar surface area (TPSA) is 100 Å². The number of hydrogen-bond donors (Lipinski definition) is 2. The summed E-state index contributed by atoms with van der Waals surface area (Å²) in [6, 6.07) is 7.64. The van der Waals surface area contributed by atoms with E-state index in [0.717, 1.165) is 12.1 Å². The Morgan fingerprint density at radius 1 is 1.21 bits per heavy atom. The highest BCUT2D eigenvalue weighted by atomic mass is 19.4. The number of amides is 2. The van der Waals surface area contributed by atoms with E-state index in [-0.39, 0.29) is 30.8 Å². The fraction of sp³-hybridized carbons (Fsp3) is 0.364. The molecule has 0 radical (unpaired) electrons. The predicted molar refractivity (Wildman–Crippen MR) is 115 cm³/mol. The normalized spacial score (nSPS) is 12.5. The summed E-state index contributed by atoms with van der Waals surface area (Å²) in [6.45, 7) is 4.04. The van der Waals surface area contributed by atoms with Gasteiger partial charge in [-0.3, -0.25) is 14.3 Å². The summed E-state index contributed by atoms with van der Waals surface area (Å²) in [6.07, 6.45) is -2.39. The van der Waals surface area contributed by atoms with Crippen LogP contribution in [0.5, 0.6) is 0 Å². The number of fused-ring (bicyclic) bond motifs is 1. The molecule has 1 atom stereocenters. The summed E-state index contributed by atoms with van der Waals surface area (Å²) in [5, 5.41) is 17.0. The van der Waals surface area contributed by atoms with E-state index in [1.165, 1.54) is 10.7 Å². The van der Waals surface area contributed by atoms with Gasteiger partial charge in [-0.05, 0) is 43.7 Å². The van der Waals surface area contributed by atoms with Crippen LogP contribution in [0.1, 0.15) is 36.5 Å². The second-order valence-corrected chi connectivity index (χ2v) is 7.38. The van der Waals surface area contributed by atoms with Gasteiger partial charge in [-0.2, -0.15) is 18.3 Å². The van der Waals surface area contributed by atoms with Gasteiger partial charge < -0.3 is 15.3 Å². The quantitative estimate of drug-likeness (QED) is 0.534. The maximum absolute atomic E-state index is 12.8. The number of hydrogen-bond acceptors (Lipinski definition) is 5. The third kappa shape index (κ3) is 5.67. The van der Waals surface area contributed by atoms with Gasteiger partial charge in [0.05, 0.1) is 18.2 Å². The Bertz CT molecular complexity index is 1140. The highest BCUT2D eigenvalue weighted by Gasteiger charge is 2.33. The number of alkyl halides is 3. The van der Waals surface area contributed by atoms with Crippen molar-refractivity contribution < 1.29 is 27.9 Å². The Kier molecular flexibility index (Phi) is 7.32. The lowest BCUT2D eigenvalue weighted by molar-refractivity contribution is -0.141. The van der Waals surface area contributed by atoms with Crippen LogP contribution in [0.2, 0.25) is 0 Å². The van der Waals surface area contributed by atoms with Gasteiger partial charge in [0.25, 0.3) is 5.91 Å². The lowest BCUT2D eigenvalue weighted by Gasteiger charge is -2.28. The summed E-state index contributed by atoms with van der Waals surface area (Å²) in [7, 11) is 0. The summed E-state index contributed by atoms with van der Waals surface area (Å²) < 4.78 is 40.0. The van der Waals surface area contributed by atoms with Gasteiger partial charge >= 0.3 is 6.18 Å². The SMILES string of the molecule is CC[C@@H](CO)N(CC)C(=O)Cn1cc2cc(NC(=O)c3cccc(C(F)(F)F)n3)ccc2n1. The first-order valence-corrected chi connectivity index (χ1v) is 10.4. The van der Waals surface area contributed by atoms with Crippen molar-refractivity contribution in [3.63, 3.8) is 0 Å². The van der Waals surface area contributed by atoms with Crippen LogP contribution in [-0.4, -0.2) is 55.8 Å². The molecule has 0 aliphatic carbocycles. The highest BCUT2D eigenvalue weighted by Crippen LogP contribution is 2.27. The number of aliphatic hydroxyl groups is 1. The second kappa shape index (κ2) is 9.99. The number of carbonyl (C=O) groups is 2. The molecule has 2 N–H and O–H groups in total. The molecule has 2 heterocycles. The molecule has 0 bridgehead atoms. The first-order valence-electron chi connectivity index (χ1n) is 10.4. The first-order chi connectivity index (χ1) is 15.7. The average Bonchev–Trinajstić information content (AvgIpc) is 3.18. The largest absolute Gasteiger partial charge is 0.433 e. The fourth-order valence-corrected chi connectivity index (χ4v) is 3.47. The Morgan fingerprint density at radius 3 is 2.61 bits per heavy atom. The number of anilines is 1. The zero-order valence-electron chi connectivity index (χ0n) is 18.1. The number of nitrogens with one attached hydrogen (secondary N) is 1. The van der Waals surface area contributed by atoms with E-state index in [2.05, 4.69) is 15.4 Å². The molecule has 33 heavy (non-hydrogen) atoms. The van der Waals surface area contributed by atoms with Gasteiger partial charge in [0.2, 0.25) is 5.91 Å². The number of nitrogens with zero attached hydrogens (tertiary/aromatic N) is 4. The molecule has 0 spiro atoms. The molecule has 8 nitrogen and oxygen atoms in total. The predicted octanol–water partition coefficient (Wildman–Crippen LogP) is 3.32. The third-order valence-electron chi connectivity index (χ3n) is 5.16. The molecule has 0 saturated heterocycles. The number of likely N-dealkylation sites (N-methyl/N-ethyl adjacent to an activating group) is 1. The van der Waals surface area contributed by atoms with Gasteiger partial charge in [0, 0.05) is 23.8 Å². The Balaban J connectivity index is 1.75. The molecule has 0 aliphatic heterocycles. The molecule has 11 heteroatoms. The zero-order valence-corrected chi connectivity index (χ0v) is 18.1. The van der Waals surface area contributed by atoms with Crippen molar-refractivity contribution in [1.29, 1.82) is 0 Å². The standard InChI is InChI=1S/C22H24F3N5O3/c1-3-16(13-31)30(4-2)20(32)12-29-11-14-10-15(8-9-17(14)28-29)26-21(33)18-6-5-7-19(27-18)22(23,24)25/h5-11,16,31H,3-4,12-13H2,1-2H3,(H,26,33)/t16-/m0/s1. The third-order valence-corrected chi connectivity index (χ3v) is 5.16. The number of rotatable bonds is 8. The van der Waals surface area contributed by atoms with Crippen LogP contribution in [0.3, 0.4) is 0 Å².